The Labute approximate surface area is 266 Å². The lowest BCUT2D eigenvalue weighted by Crippen LogP contribution is -2.09. The number of para-hydroxylation sites is 1. The summed E-state index contributed by atoms with van der Waals surface area (Å²) in [6, 6.07) is 56.0. The monoisotopic (exact) mass is 588 g/mol. The van der Waals surface area contributed by atoms with E-state index in [1.807, 2.05) is 18.5 Å². The molecule has 2 heterocycles. The van der Waals surface area contributed by atoms with Crippen molar-refractivity contribution in [1.82, 2.24) is 4.98 Å². The van der Waals surface area contributed by atoms with Crippen LogP contribution in [0.2, 0.25) is 0 Å². The predicted octanol–water partition coefficient (Wildman–Crippen LogP) is 12.1. The number of benzene rings is 7. The number of hydrogen-bond donors (Lipinski definition) is 0. The van der Waals surface area contributed by atoms with E-state index in [0.717, 1.165) is 60.9 Å². The molecule has 0 saturated heterocycles. The summed E-state index contributed by atoms with van der Waals surface area (Å²) < 4.78 is 6.23. The molecule has 7 aromatic carbocycles. The zero-order valence-corrected chi connectivity index (χ0v) is 25.0. The highest BCUT2D eigenvalue weighted by Crippen LogP contribution is 2.39. The van der Waals surface area contributed by atoms with Crippen molar-refractivity contribution in [3.63, 3.8) is 0 Å². The van der Waals surface area contributed by atoms with Crippen LogP contribution in [0.1, 0.15) is 0 Å². The number of rotatable bonds is 5. The van der Waals surface area contributed by atoms with E-state index in [9.17, 15) is 0 Å². The molecule has 0 radical (unpaired) electrons. The smallest absolute Gasteiger partial charge is 0.136 e. The van der Waals surface area contributed by atoms with Crippen molar-refractivity contribution in [3.8, 4) is 22.3 Å². The second-order valence-electron chi connectivity index (χ2n) is 11.6. The summed E-state index contributed by atoms with van der Waals surface area (Å²) in [7, 11) is 0. The van der Waals surface area contributed by atoms with E-state index < -0.39 is 0 Å². The summed E-state index contributed by atoms with van der Waals surface area (Å²) in [4.78, 5) is 6.62. The lowest BCUT2D eigenvalue weighted by Gasteiger charge is -2.26. The maximum atomic E-state index is 6.23. The Bertz CT molecular complexity index is 2510. The van der Waals surface area contributed by atoms with Gasteiger partial charge in [0.1, 0.15) is 11.2 Å². The average Bonchev–Trinajstić information content (AvgIpc) is 3.51. The molecular formula is C43H28N2O. The fourth-order valence-corrected chi connectivity index (χ4v) is 6.72. The third kappa shape index (κ3) is 4.41. The van der Waals surface area contributed by atoms with E-state index in [0.29, 0.717) is 0 Å². The first-order valence-electron chi connectivity index (χ1n) is 15.5. The predicted molar refractivity (Wildman–Crippen MR) is 192 cm³/mol. The van der Waals surface area contributed by atoms with Gasteiger partial charge in [-0.15, -0.1) is 0 Å². The number of fused-ring (bicyclic) bond motifs is 6. The molecule has 0 N–H and O–H groups in total. The zero-order chi connectivity index (χ0) is 30.5. The molecular weight excluding hydrogens is 560 g/mol. The highest BCUT2D eigenvalue weighted by Gasteiger charge is 2.15. The first-order chi connectivity index (χ1) is 22.8. The van der Waals surface area contributed by atoms with Gasteiger partial charge < -0.3 is 9.32 Å². The molecule has 9 rings (SSSR count). The van der Waals surface area contributed by atoms with Gasteiger partial charge in [-0.05, 0) is 105 Å². The van der Waals surface area contributed by atoms with Gasteiger partial charge in [-0.1, -0.05) is 91.0 Å². The van der Waals surface area contributed by atoms with Crippen molar-refractivity contribution in [2.24, 2.45) is 0 Å². The lowest BCUT2D eigenvalue weighted by molar-refractivity contribution is 0.669. The van der Waals surface area contributed by atoms with Crippen molar-refractivity contribution >= 4 is 60.5 Å². The molecule has 3 heteroatoms. The highest BCUT2D eigenvalue weighted by molar-refractivity contribution is 6.19. The normalized spacial score (nSPS) is 11.5. The first kappa shape index (κ1) is 26.2. The van der Waals surface area contributed by atoms with E-state index in [1.165, 1.54) is 21.9 Å². The average molecular weight is 589 g/mol. The van der Waals surface area contributed by atoms with Gasteiger partial charge in [-0.25, -0.2) is 0 Å². The Balaban J connectivity index is 1.10. The van der Waals surface area contributed by atoms with Gasteiger partial charge in [0, 0.05) is 45.6 Å². The Morgan fingerprint density at radius 2 is 1.11 bits per heavy atom. The molecule has 216 valence electrons. The molecule has 2 aromatic heterocycles. The fourth-order valence-electron chi connectivity index (χ4n) is 6.72. The van der Waals surface area contributed by atoms with Crippen LogP contribution in [0.25, 0.3) is 65.7 Å². The minimum atomic E-state index is 0.891. The Hall–Kier alpha value is -6.19. The topological polar surface area (TPSA) is 29.3 Å². The van der Waals surface area contributed by atoms with E-state index in [-0.39, 0.29) is 0 Å². The van der Waals surface area contributed by atoms with Gasteiger partial charge in [-0.3, -0.25) is 4.98 Å². The minimum Gasteiger partial charge on any atom is -0.456 e. The van der Waals surface area contributed by atoms with Gasteiger partial charge in [0.25, 0.3) is 0 Å². The molecule has 0 aliphatic heterocycles. The molecule has 0 fully saturated rings. The summed E-state index contributed by atoms with van der Waals surface area (Å²) in [5.74, 6) is 0. The number of aromatic nitrogens is 1. The number of hydrogen-bond acceptors (Lipinski definition) is 3. The molecule has 46 heavy (non-hydrogen) atoms. The summed E-state index contributed by atoms with van der Waals surface area (Å²) in [5.41, 5.74) is 9.85. The van der Waals surface area contributed by atoms with E-state index >= 15 is 0 Å². The number of furan rings is 1. The zero-order valence-electron chi connectivity index (χ0n) is 25.0. The number of pyridine rings is 1. The van der Waals surface area contributed by atoms with Gasteiger partial charge in [-0.2, -0.15) is 0 Å². The fraction of sp³-hybridized carbons (Fsp3) is 0. The molecule has 0 atom stereocenters. The maximum absolute atomic E-state index is 6.23. The quantitative estimate of drug-likeness (QED) is 0.200. The van der Waals surface area contributed by atoms with Crippen molar-refractivity contribution in [2.75, 3.05) is 4.90 Å². The standard InChI is InChI=1S/C43H28N2O/c1-2-9-34(10-3-1)45(36-21-15-31(16-22-36)38-12-6-8-30-7-4-5-11-37(30)38)35-19-13-29(14-20-35)32-17-23-41-40(27-32)43-39-25-26-44-28-33(39)18-24-42(43)46-41/h1-28H. The van der Waals surface area contributed by atoms with E-state index in [2.05, 4.69) is 162 Å². The van der Waals surface area contributed by atoms with Crippen LogP contribution in [0.3, 0.4) is 0 Å². The third-order valence-electron chi connectivity index (χ3n) is 8.95. The molecule has 0 amide bonds. The Kier molecular flexibility index (Phi) is 6.14. The van der Waals surface area contributed by atoms with Crippen LogP contribution < -0.4 is 4.90 Å². The molecule has 0 saturated carbocycles. The number of anilines is 3. The van der Waals surface area contributed by atoms with Gasteiger partial charge in [0.15, 0.2) is 0 Å². The first-order valence-corrected chi connectivity index (χ1v) is 15.5. The van der Waals surface area contributed by atoms with Crippen LogP contribution >= 0.6 is 0 Å². The van der Waals surface area contributed by atoms with Crippen molar-refractivity contribution in [3.05, 3.63) is 170 Å². The summed E-state index contributed by atoms with van der Waals surface area (Å²) in [6.07, 6.45) is 3.75. The highest BCUT2D eigenvalue weighted by atomic mass is 16.3. The molecule has 9 aromatic rings. The lowest BCUT2D eigenvalue weighted by atomic mass is 9.98. The van der Waals surface area contributed by atoms with Gasteiger partial charge in [0.05, 0.1) is 0 Å². The van der Waals surface area contributed by atoms with E-state index in [1.54, 1.807) is 0 Å². The Morgan fingerprint density at radius 3 is 1.93 bits per heavy atom. The molecule has 0 aliphatic rings. The van der Waals surface area contributed by atoms with Gasteiger partial charge in [0.2, 0.25) is 0 Å². The van der Waals surface area contributed by atoms with Crippen LogP contribution in [0.15, 0.2) is 175 Å². The molecule has 0 bridgehead atoms. The third-order valence-corrected chi connectivity index (χ3v) is 8.95. The van der Waals surface area contributed by atoms with Crippen LogP contribution in [-0.2, 0) is 0 Å². The summed E-state index contributed by atoms with van der Waals surface area (Å²) >= 11 is 0. The van der Waals surface area contributed by atoms with Crippen molar-refractivity contribution < 1.29 is 4.42 Å². The van der Waals surface area contributed by atoms with Crippen molar-refractivity contribution in [2.45, 2.75) is 0 Å². The Morgan fingerprint density at radius 1 is 0.435 bits per heavy atom. The molecule has 0 unspecified atom stereocenters. The van der Waals surface area contributed by atoms with Crippen LogP contribution in [0.4, 0.5) is 17.1 Å². The molecule has 0 spiro atoms. The van der Waals surface area contributed by atoms with Crippen LogP contribution in [-0.4, -0.2) is 4.98 Å². The summed E-state index contributed by atoms with van der Waals surface area (Å²) in [6.45, 7) is 0. The maximum Gasteiger partial charge on any atom is 0.136 e. The largest absolute Gasteiger partial charge is 0.456 e. The number of nitrogens with zero attached hydrogens (tertiary/aromatic N) is 2. The van der Waals surface area contributed by atoms with Crippen LogP contribution in [0.5, 0.6) is 0 Å². The second kappa shape index (κ2) is 10.8. The van der Waals surface area contributed by atoms with Gasteiger partial charge >= 0.3 is 0 Å². The summed E-state index contributed by atoms with van der Waals surface area (Å²) in [5, 5.41) is 7.03. The minimum absolute atomic E-state index is 0.891. The molecule has 3 nitrogen and oxygen atoms in total. The van der Waals surface area contributed by atoms with Crippen molar-refractivity contribution in [1.29, 1.82) is 0 Å². The second-order valence-corrected chi connectivity index (χ2v) is 11.6. The SMILES string of the molecule is c1ccc(N(c2ccc(-c3ccc4oc5ccc6cnccc6c5c4c3)cc2)c2ccc(-c3cccc4ccccc34)cc2)cc1. The van der Waals surface area contributed by atoms with Crippen LogP contribution in [0, 0.1) is 0 Å². The van der Waals surface area contributed by atoms with E-state index in [4.69, 9.17) is 4.42 Å². The molecule has 0 aliphatic carbocycles.